The number of hydrogen-bond acceptors (Lipinski definition) is 4. The lowest BCUT2D eigenvalue weighted by atomic mass is 10.5. The van der Waals surface area contributed by atoms with E-state index in [0.29, 0.717) is 0 Å². The van der Waals surface area contributed by atoms with E-state index in [2.05, 4.69) is 14.9 Å². The first-order valence-electron chi connectivity index (χ1n) is 6.25. The molecule has 1 aromatic heterocycles. The highest BCUT2D eigenvalue weighted by Crippen LogP contribution is 2.05. The van der Waals surface area contributed by atoms with Crippen molar-refractivity contribution in [3.63, 3.8) is 0 Å². The molecular formula is C7H11N3O. The predicted octanol–water partition coefficient (Wildman–Crippen LogP) is 0.848. The van der Waals surface area contributed by atoms with Crippen LogP contribution < -0.4 is 10.5 Å². The molecule has 0 aliphatic carbocycles. The van der Waals surface area contributed by atoms with Gasteiger partial charge in [-0.3, -0.25) is 0 Å². The second kappa shape index (κ2) is 3.75. The topological polar surface area (TPSA) is 61.0 Å². The third kappa shape index (κ3) is 2.41. The molecule has 1 rings (SSSR count). The smallest absolute Gasteiger partial charge is 0.233 e. The molecule has 0 aliphatic rings. The second-order valence-electron chi connectivity index (χ2n) is 1.63. The Balaban J connectivity index is 2.97. The summed E-state index contributed by atoms with van der Waals surface area (Å²) in [6.45, 7) is -6.28. The van der Waals surface area contributed by atoms with Crippen molar-refractivity contribution in [3.8, 4) is 5.88 Å². The van der Waals surface area contributed by atoms with Crippen LogP contribution in [0.3, 0.4) is 0 Å². The Kier molecular flexibility index (Phi) is 0.894. The number of nitrogen functional groups attached to an aromatic ring is 1. The summed E-state index contributed by atoms with van der Waals surface area (Å²) in [5.41, 5.74) is 5.26. The van der Waals surface area contributed by atoms with Crippen LogP contribution in [0.4, 0.5) is 5.82 Å². The lowest BCUT2D eigenvalue weighted by Gasteiger charge is -2.00. The van der Waals surface area contributed by atoms with E-state index in [1.165, 1.54) is 6.07 Å². The molecule has 11 heavy (non-hydrogen) atoms. The minimum absolute atomic E-state index is 0.0711. The van der Waals surface area contributed by atoms with Crippen LogP contribution in [0.1, 0.15) is 22.8 Å². The molecule has 0 aromatic carbocycles. The largest absolute Gasteiger partial charge is 0.477 e. The van der Waals surface area contributed by atoms with Gasteiger partial charge in [-0.15, -0.1) is 10.2 Å². The summed E-state index contributed by atoms with van der Waals surface area (Å²) in [6.07, 6.45) is -3.21. The van der Waals surface area contributed by atoms with Crippen LogP contribution in [0.15, 0.2) is 12.1 Å². The van der Waals surface area contributed by atoms with E-state index in [0.717, 1.165) is 6.07 Å². The Bertz CT molecular complexity index is 416. The minimum Gasteiger partial charge on any atom is -0.477 e. The van der Waals surface area contributed by atoms with Crippen molar-refractivity contribution in [2.45, 2.75) is 13.2 Å². The van der Waals surface area contributed by atoms with Crippen molar-refractivity contribution >= 4 is 5.82 Å². The lowest BCUT2D eigenvalue weighted by Crippen LogP contribution is -1.99. The Hall–Kier alpha value is -1.32. The second-order valence-corrected chi connectivity index (χ2v) is 1.63. The first kappa shape index (κ1) is 2.62. The maximum absolute atomic E-state index is 7.39. The third-order valence-electron chi connectivity index (χ3n) is 0.867. The van der Waals surface area contributed by atoms with Gasteiger partial charge in [-0.05, 0) is 12.4 Å². The van der Waals surface area contributed by atoms with Crippen LogP contribution in [0.25, 0.3) is 0 Å². The van der Waals surface area contributed by atoms with Gasteiger partial charge in [0.2, 0.25) is 5.88 Å². The Morgan fingerprint density at radius 3 is 3.27 bits per heavy atom. The monoisotopic (exact) mass is 160 g/mol. The van der Waals surface area contributed by atoms with Gasteiger partial charge in [-0.1, -0.05) is 6.85 Å². The molecule has 4 nitrogen and oxygen atoms in total. The molecule has 0 bridgehead atoms. The van der Waals surface area contributed by atoms with Gasteiger partial charge in [-0.25, -0.2) is 0 Å². The Morgan fingerprint density at radius 1 is 1.73 bits per heavy atom. The highest BCUT2D eigenvalue weighted by molar-refractivity contribution is 5.27. The number of rotatable bonds is 3. The first-order chi connectivity index (χ1) is 7.97. The number of hydrogen-bond donors (Lipinski definition) is 1. The maximum atomic E-state index is 7.39. The van der Waals surface area contributed by atoms with E-state index in [1.54, 1.807) is 0 Å². The van der Waals surface area contributed by atoms with Gasteiger partial charge in [0, 0.05) is 12.9 Å². The van der Waals surface area contributed by atoms with Crippen LogP contribution in [0, 0.1) is 0 Å². The van der Waals surface area contributed by atoms with Crippen LogP contribution in [-0.2, 0) is 0 Å². The van der Waals surface area contributed by atoms with Crippen molar-refractivity contribution in [3.05, 3.63) is 12.1 Å². The van der Waals surface area contributed by atoms with Crippen molar-refractivity contribution in [1.82, 2.24) is 10.2 Å². The van der Waals surface area contributed by atoms with Crippen molar-refractivity contribution < 1.29 is 14.3 Å². The molecule has 0 atom stereocenters. The van der Waals surface area contributed by atoms with Gasteiger partial charge in [-0.2, -0.15) is 0 Å². The Morgan fingerprint density at radius 2 is 2.64 bits per heavy atom. The number of aromatic nitrogens is 2. The molecule has 0 radical (unpaired) electrons. The van der Waals surface area contributed by atoms with Gasteiger partial charge in [0.15, 0.2) is 0 Å². The van der Waals surface area contributed by atoms with Crippen LogP contribution in [-0.4, -0.2) is 16.8 Å². The van der Waals surface area contributed by atoms with E-state index in [9.17, 15) is 0 Å². The summed E-state index contributed by atoms with van der Waals surface area (Å²) < 4.78 is 54.9. The van der Waals surface area contributed by atoms with E-state index >= 15 is 0 Å². The molecule has 1 heterocycles. The zero-order valence-electron chi connectivity index (χ0n) is 12.5. The predicted molar refractivity (Wildman–Crippen MR) is 42.2 cm³/mol. The fourth-order valence-corrected chi connectivity index (χ4v) is 0.463. The highest BCUT2D eigenvalue weighted by atomic mass is 16.5. The molecule has 0 saturated heterocycles. The van der Waals surface area contributed by atoms with E-state index in [4.69, 9.17) is 15.3 Å². The lowest BCUT2D eigenvalue weighted by molar-refractivity contribution is 0.302. The SMILES string of the molecule is [2H]C([2H])([2H])C([2H])([2H])C([2H])([2H])Oc1ccc(N)nn1. The molecule has 0 spiro atoms. The van der Waals surface area contributed by atoms with Gasteiger partial charge in [0.25, 0.3) is 0 Å². The molecule has 60 valence electrons. The maximum Gasteiger partial charge on any atom is 0.233 e. The fourth-order valence-electron chi connectivity index (χ4n) is 0.463. The Labute approximate surface area is 75.2 Å². The highest BCUT2D eigenvalue weighted by Gasteiger charge is 1.93. The summed E-state index contributed by atoms with van der Waals surface area (Å²) in [6, 6.07) is 2.43. The van der Waals surface area contributed by atoms with E-state index in [-0.39, 0.29) is 11.7 Å². The van der Waals surface area contributed by atoms with Crippen molar-refractivity contribution in [2.75, 3.05) is 12.3 Å². The molecule has 1 aromatic rings. The molecule has 0 fully saturated rings. The zero-order chi connectivity index (χ0) is 14.2. The summed E-state index contributed by atoms with van der Waals surface area (Å²) in [5, 5.41) is 6.75. The summed E-state index contributed by atoms with van der Waals surface area (Å²) in [4.78, 5) is 0. The number of anilines is 1. The minimum atomic E-state index is -3.21. The molecule has 4 heteroatoms. The number of nitrogens with two attached hydrogens (primary N) is 1. The molecular weight excluding hydrogens is 142 g/mol. The van der Waals surface area contributed by atoms with E-state index in [1.807, 2.05) is 0 Å². The molecule has 2 N–H and O–H groups in total. The summed E-state index contributed by atoms with van der Waals surface area (Å²) in [5.74, 6) is -0.288. The number of ether oxygens (including phenoxy) is 1. The summed E-state index contributed by atoms with van der Waals surface area (Å²) in [7, 11) is 0. The van der Waals surface area contributed by atoms with Crippen molar-refractivity contribution in [1.29, 1.82) is 0 Å². The molecule has 0 aliphatic heterocycles. The quantitative estimate of drug-likeness (QED) is 0.712. The van der Waals surface area contributed by atoms with Crippen LogP contribution in [0.5, 0.6) is 5.88 Å². The average molecular weight is 160 g/mol. The van der Waals surface area contributed by atoms with Gasteiger partial charge in [0.05, 0.1) is 9.30 Å². The average Bonchev–Trinajstić information content (AvgIpc) is 2.19. The van der Waals surface area contributed by atoms with Crippen molar-refractivity contribution in [2.24, 2.45) is 0 Å². The summed E-state index contributed by atoms with van der Waals surface area (Å²) >= 11 is 0. The standard InChI is InChI=1S/C7H11N3O/c1-2-5-11-7-4-3-6(8)9-10-7/h3-4H,2,5H2,1H3,(H2,8,9)/i1D3,2D2,5D2. The third-order valence-corrected chi connectivity index (χ3v) is 0.867. The number of nitrogens with zero attached hydrogens (tertiary/aromatic N) is 2. The van der Waals surface area contributed by atoms with Gasteiger partial charge < -0.3 is 10.5 Å². The van der Waals surface area contributed by atoms with Gasteiger partial charge in [0.1, 0.15) is 5.82 Å². The van der Waals surface area contributed by atoms with Crippen LogP contribution in [0.2, 0.25) is 0 Å². The molecule has 0 unspecified atom stereocenters. The van der Waals surface area contributed by atoms with E-state index < -0.39 is 19.8 Å². The van der Waals surface area contributed by atoms with Gasteiger partial charge >= 0.3 is 0 Å². The molecule has 0 saturated carbocycles. The zero-order valence-corrected chi connectivity index (χ0v) is 5.53. The van der Waals surface area contributed by atoms with Crippen LogP contribution >= 0.6 is 0 Å². The molecule has 0 amide bonds. The normalized spacial score (nSPS) is 22.7. The fraction of sp³-hybridized carbons (Fsp3) is 0.429. The first-order valence-corrected chi connectivity index (χ1v) is 2.75.